The molecule has 2 rings (SSSR count). The van der Waals surface area contributed by atoms with Crippen LogP contribution in [0.4, 0.5) is 0 Å². The molecule has 6 nitrogen and oxygen atoms in total. The Morgan fingerprint density at radius 2 is 2.19 bits per heavy atom. The minimum absolute atomic E-state index is 0.0586. The zero-order valence-corrected chi connectivity index (χ0v) is 12.6. The molecule has 1 saturated carbocycles. The molecule has 1 aliphatic carbocycles. The minimum atomic E-state index is -2.04. The maximum atomic E-state index is 12.3. The molecule has 2 fully saturated rings. The van der Waals surface area contributed by atoms with Crippen molar-refractivity contribution in [2.24, 2.45) is 17.3 Å². The highest BCUT2D eigenvalue weighted by atomic mass is 16.7. The van der Waals surface area contributed by atoms with E-state index in [0.717, 1.165) is 0 Å². The number of aliphatic hydroxyl groups is 2. The van der Waals surface area contributed by atoms with Gasteiger partial charge in [0.2, 0.25) is 0 Å². The molecule has 0 aromatic heterocycles. The van der Waals surface area contributed by atoms with Gasteiger partial charge in [-0.25, -0.2) is 4.79 Å². The van der Waals surface area contributed by atoms with Gasteiger partial charge >= 0.3 is 5.97 Å². The highest BCUT2D eigenvalue weighted by molar-refractivity contribution is 5.85. The molecular weight excluding hydrogens is 276 g/mol. The molecule has 21 heavy (non-hydrogen) atoms. The van der Waals surface area contributed by atoms with E-state index in [1.165, 1.54) is 7.11 Å². The summed E-state index contributed by atoms with van der Waals surface area (Å²) >= 11 is 0. The van der Waals surface area contributed by atoms with Gasteiger partial charge in [0, 0.05) is 30.3 Å². The van der Waals surface area contributed by atoms with Gasteiger partial charge in [-0.1, -0.05) is 13.3 Å². The molecule has 1 heterocycles. The minimum Gasteiger partial charge on any atom is -0.465 e. The van der Waals surface area contributed by atoms with Crippen molar-refractivity contribution in [2.45, 2.75) is 44.8 Å². The monoisotopic (exact) mass is 300 g/mol. The van der Waals surface area contributed by atoms with Crippen LogP contribution in [0, 0.1) is 17.3 Å². The normalized spacial score (nSPS) is 39.1. The van der Waals surface area contributed by atoms with Gasteiger partial charge in [-0.2, -0.15) is 0 Å². The number of Topliss-reactive ketones (excluding diaryl/α,β-unsaturated/α-hetero) is 1. The predicted molar refractivity (Wildman–Crippen MR) is 73.2 cm³/mol. The summed E-state index contributed by atoms with van der Waals surface area (Å²) in [5, 5.41) is 19.6. The molecule has 0 amide bonds. The van der Waals surface area contributed by atoms with E-state index in [1.54, 1.807) is 0 Å². The third-order valence-electron chi connectivity index (χ3n) is 4.95. The number of carbonyl (C=O) groups excluding carboxylic acids is 2. The Balaban J connectivity index is 2.28. The van der Waals surface area contributed by atoms with Crippen molar-refractivity contribution in [1.82, 2.24) is 0 Å². The first-order valence-electron chi connectivity index (χ1n) is 7.47. The highest BCUT2D eigenvalue weighted by Gasteiger charge is 2.65. The molecule has 0 aromatic carbocycles. The maximum Gasteiger partial charge on any atom is 0.366 e. The zero-order chi connectivity index (χ0) is 15.7. The third kappa shape index (κ3) is 2.72. The third-order valence-corrected chi connectivity index (χ3v) is 4.95. The van der Waals surface area contributed by atoms with Crippen LogP contribution in [-0.4, -0.2) is 48.1 Å². The van der Waals surface area contributed by atoms with Gasteiger partial charge in [-0.05, 0) is 19.3 Å². The van der Waals surface area contributed by atoms with Gasteiger partial charge in [0.1, 0.15) is 5.78 Å². The molecule has 4 atom stereocenters. The molecule has 2 aliphatic rings. The van der Waals surface area contributed by atoms with Crippen LogP contribution in [0.3, 0.4) is 0 Å². The summed E-state index contributed by atoms with van der Waals surface area (Å²) in [6.07, 6.45) is 2.87. The lowest BCUT2D eigenvalue weighted by atomic mass is 9.60. The first-order valence-corrected chi connectivity index (χ1v) is 7.47. The number of methoxy groups -OCH3 is 1. The van der Waals surface area contributed by atoms with Crippen molar-refractivity contribution in [3.8, 4) is 0 Å². The number of ketones is 1. The summed E-state index contributed by atoms with van der Waals surface area (Å²) in [6.45, 7) is 2.26. The molecule has 120 valence electrons. The Hall–Kier alpha value is -0.980. The lowest BCUT2D eigenvalue weighted by Crippen LogP contribution is -2.54. The van der Waals surface area contributed by atoms with E-state index in [4.69, 9.17) is 9.84 Å². The van der Waals surface area contributed by atoms with Crippen molar-refractivity contribution in [3.63, 3.8) is 0 Å². The fourth-order valence-electron chi connectivity index (χ4n) is 3.83. The summed E-state index contributed by atoms with van der Waals surface area (Å²) in [5.74, 6) is -3.83. The van der Waals surface area contributed by atoms with E-state index >= 15 is 0 Å². The number of hydrogen-bond acceptors (Lipinski definition) is 6. The van der Waals surface area contributed by atoms with Gasteiger partial charge in [0.05, 0.1) is 13.7 Å². The summed E-state index contributed by atoms with van der Waals surface area (Å²) in [5.41, 5.74) is -0.402. The number of esters is 1. The van der Waals surface area contributed by atoms with Crippen molar-refractivity contribution in [1.29, 1.82) is 0 Å². The smallest absolute Gasteiger partial charge is 0.366 e. The summed E-state index contributed by atoms with van der Waals surface area (Å²) in [7, 11) is 1.20. The van der Waals surface area contributed by atoms with Gasteiger partial charge in [0.25, 0.3) is 5.79 Å². The quantitative estimate of drug-likeness (QED) is 0.572. The van der Waals surface area contributed by atoms with E-state index in [1.807, 2.05) is 6.92 Å². The number of unbranched alkanes of at least 4 members (excludes halogenated alkanes) is 1. The number of fused-ring (bicyclic) bond motifs is 1. The van der Waals surface area contributed by atoms with Crippen LogP contribution in [0.2, 0.25) is 0 Å². The predicted octanol–water partition coefficient (Wildman–Crippen LogP) is 0.642. The van der Waals surface area contributed by atoms with E-state index < -0.39 is 29.0 Å². The van der Waals surface area contributed by atoms with Crippen molar-refractivity contribution in [2.75, 3.05) is 20.3 Å². The molecular formula is C15H24O6. The molecule has 1 aliphatic heterocycles. The van der Waals surface area contributed by atoms with Gasteiger partial charge in [-0.15, -0.1) is 0 Å². The second-order valence-electron chi connectivity index (χ2n) is 6.40. The number of hydrogen-bond donors (Lipinski definition) is 2. The lowest BCUT2D eigenvalue weighted by molar-refractivity contribution is -0.228. The summed E-state index contributed by atoms with van der Waals surface area (Å²) in [4.78, 5) is 24.3. The Labute approximate surface area is 124 Å². The Kier molecular flexibility index (Phi) is 4.70. The zero-order valence-electron chi connectivity index (χ0n) is 12.6. The largest absolute Gasteiger partial charge is 0.465 e. The van der Waals surface area contributed by atoms with Crippen molar-refractivity contribution in [3.05, 3.63) is 0 Å². The number of carbonyl (C=O) groups is 2. The highest BCUT2D eigenvalue weighted by Crippen LogP contribution is 2.55. The molecule has 1 saturated heterocycles. The van der Waals surface area contributed by atoms with E-state index in [-0.39, 0.29) is 19.0 Å². The summed E-state index contributed by atoms with van der Waals surface area (Å²) < 4.78 is 10.1. The lowest BCUT2D eigenvalue weighted by Gasteiger charge is -2.42. The van der Waals surface area contributed by atoms with Crippen molar-refractivity contribution >= 4 is 11.8 Å². The van der Waals surface area contributed by atoms with Crippen LogP contribution in [-0.2, 0) is 19.1 Å². The number of rotatable bonds is 5. The standard InChI is InChI=1S/C15H24O6/c1-14-7-6-11(17)10(5-3-4-8-16)12(14)15(19,21-9-14)13(18)20-2/h10,12,16,19H,3-9H2,1-2H3/t10-,12-,14-,15-/m0/s1. The van der Waals surface area contributed by atoms with Crippen LogP contribution in [0.1, 0.15) is 39.0 Å². The van der Waals surface area contributed by atoms with Gasteiger partial charge in [-0.3, -0.25) is 4.79 Å². The van der Waals surface area contributed by atoms with E-state index in [0.29, 0.717) is 32.1 Å². The van der Waals surface area contributed by atoms with Gasteiger partial charge in [0.15, 0.2) is 0 Å². The SMILES string of the molecule is COC(=O)[C@@]1(O)OC[C@]2(C)CCC(=O)[C@H](CCCCO)[C@@H]21. The Morgan fingerprint density at radius 3 is 2.81 bits per heavy atom. The molecule has 0 spiro atoms. The summed E-state index contributed by atoms with van der Waals surface area (Å²) in [6, 6.07) is 0. The molecule has 0 unspecified atom stereocenters. The average Bonchev–Trinajstić information content (AvgIpc) is 2.75. The fraction of sp³-hybridized carbons (Fsp3) is 0.867. The van der Waals surface area contributed by atoms with Crippen LogP contribution < -0.4 is 0 Å². The van der Waals surface area contributed by atoms with E-state index in [9.17, 15) is 14.7 Å². The maximum absolute atomic E-state index is 12.3. The Morgan fingerprint density at radius 1 is 1.48 bits per heavy atom. The van der Waals surface area contributed by atoms with E-state index in [2.05, 4.69) is 4.74 Å². The number of ether oxygens (including phenoxy) is 2. The van der Waals surface area contributed by atoms with Crippen molar-refractivity contribution < 1.29 is 29.3 Å². The van der Waals surface area contributed by atoms with Crippen LogP contribution in [0.25, 0.3) is 0 Å². The fourth-order valence-corrected chi connectivity index (χ4v) is 3.83. The molecule has 2 N–H and O–H groups in total. The first-order chi connectivity index (χ1) is 9.89. The molecule has 0 aromatic rings. The number of aliphatic hydroxyl groups excluding tert-OH is 1. The topological polar surface area (TPSA) is 93.1 Å². The van der Waals surface area contributed by atoms with Gasteiger partial charge < -0.3 is 19.7 Å². The molecule has 0 radical (unpaired) electrons. The molecule has 0 bridgehead atoms. The Bertz CT molecular complexity index is 422. The second-order valence-corrected chi connectivity index (χ2v) is 6.40. The van der Waals surface area contributed by atoms with Crippen LogP contribution >= 0.6 is 0 Å². The molecule has 6 heteroatoms. The first kappa shape index (κ1) is 16.4. The second kappa shape index (κ2) is 6.02. The van der Waals surface area contributed by atoms with Crippen LogP contribution in [0.5, 0.6) is 0 Å². The van der Waals surface area contributed by atoms with Crippen LogP contribution in [0.15, 0.2) is 0 Å². The average molecular weight is 300 g/mol.